The fraction of sp³-hybridized carbons (Fsp3) is 0.818. The van der Waals surface area contributed by atoms with Gasteiger partial charge in [0.05, 0.1) is 13.5 Å². The Balaban J connectivity index is 3.54. The van der Waals surface area contributed by atoms with Crippen LogP contribution in [0.25, 0.3) is 0 Å². The summed E-state index contributed by atoms with van der Waals surface area (Å²) in [5, 5.41) is 0. The molecule has 0 N–H and O–H groups in total. The molecule has 5 heteroatoms. The van der Waals surface area contributed by atoms with Crippen molar-refractivity contribution in [2.24, 2.45) is 0 Å². The molecule has 0 atom stereocenters. The lowest BCUT2D eigenvalue weighted by atomic mass is 10.2. The summed E-state index contributed by atoms with van der Waals surface area (Å²) >= 11 is 0. The second-order valence-corrected chi connectivity index (χ2v) is 4.02. The maximum Gasteiger partial charge on any atom is 0.306 e. The first-order chi connectivity index (χ1) is 7.47. The molecule has 0 saturated heterocycles. The van der Waals surface area contributed by atoms with Gasteiger partial charge < -0.3 is 14.5 Å². The summed E-state index contributed by atoms with van der Waals surface area (Å²) < 4.78 is 4.55. The number of hydrogen-bond donors (Lipinski definition) is 0. The molecule has 0 aliphatic carbocycles. The summed E-state index contributed by atoms with van der Waals surface area (Å²) in [6.45, 7) is 1.49. The zero-order valence-electron chi connectivity index (χ0n) is 10.7. The molecule has 0 radical (unpaired) electrons. The fourth-order valence-corrected chi connectivity index (χ4v) is 1.22. The first-order valence-electron chi connectivity index (χ1n) is 5.43. The molecule has 0 aromatic carbocycles. The number of nitrogens with zero attached hydrogens (tertiary/aromatic N) is 2. The molecular weight excluding hydrogens is 208 g/mol. The minimum atomic E-state index is -0.198. The predicted molar refractivity (Wildman–Crippen MR) is 62.1 cm³/mol. The molecule has 0 fully saturated rings. The summed E-state index contributed by atoms with van der Waals surface area (Å²) in [4.78, 5) is 25.8. The summed E-state index contributed by atoms with van der Waals surface area (Å²) in [7, 11) is 6.83. The molecular formula is C11H22N2O3. The summed E-state index contributed by atoms with van der Waals surface area (Å²) in [6, 6.07) is 0. The van der Waals surface area contributed by atoms with Crippen molar-refractivity contribution in [3.05, 3.63) is 0 Å². The van der Waals surface area contributed by atoms with E-state index >= 15 is 0 Å². The van der Waals surface area contributed by atoms with E-state index < -0.39 is 0 Å². The third kappa shape index (κ3) is 7.23. The molecule has 0 aromatic heterocycles. The normalized spacial score (nSPS) is 10.3. The van der Waals surface area contributed by atoms with E-state index in [0.29, 0.717) is 19.4 Å². The van der Waals surface area contributed by atoms with Crippen molar-refractivity contribution in [1.82, 2.24) is 9.80 Å². The maximum atomic E-state index is 11.3. The molecule has 5 nitrogen and oxygen atoms in total. The molecule has 0 saturated carbocycles. The van der Waals surface area contributed by atoms with Crippen LogP contribution in [0.2, 0.25) is 0 Å². The van der Waals surface area contributed by atoms with Crippen LogP contribution in [0.5, 0.6) is 0 Å². The number of rotatable bonds is 7. The van der Waals surface area contributed by atoms with Gasteiger partial charge in [-0.3, -0.25) is 9.59 Å². The number of hydrogen-bond acceptors (Lipinski definition) is 4. The molecule has 0 spiro atoms. The zero-order chi connectivity index (χ0) is 12.6. The van der Waals surface area contributed by atoms with Crippen molar-refractivity contribution in [2.45, 2.75) is 19.3 Å². The Bertz CT molecular complexity index is 229. The Hall–Kier alpha value is -1.10. The molecule has 0 bridgehead atoms. The van der Waals surface area contributed by atoms with Gasteiger partial charge in [0.25, 0.3) is 0 Å². The number of carbonyl (C=O) groups excluding carboxylic acids is 2. The summed E-state index contributed by atoms with van der Waals surface area (Å²) in [6.07, 6.45) is 1.76. The highest BCUT2D eigenvalue weighted by molar-refractivity contribution is 5.75. The number of amides is 1. The number of ether oxygens (including phenoxy) is 1. The van der Waals surface area contributed by atoms with Crippen LogP contribution in [0, 0.1) is 0 Å². The Kier molecular flexibility index (Phi) is 7.54. The first-order valence-corrected chi connectivity index (χ1v) is 5.43. The minimum Gasteiger partial charge on any atom is -0.469 e. The van der Waals surface area contributed by atoms with E-state index in [0.717, 1.165) is 13.0 Å². The predicted octanol–water partition coefficient (Wildman–Crippen LogP) is 0.350. The largest absolute Gasteiger partial charge is 0.469 e. The van der Waals surface area contributed by atoms with Crippen molar-refractivity contribution in [1.29, 1.82) is 0 Å². The topological polar surface area (TPSA) is 49.9 Å². The van der Waals surface area contributed by atoms with Gasteiger partial charge in [-0.25, -0.2) is 0 Å². The van der Waals surface area contributed by atoms with Crippen LogP contribution < -0.4 is 0 Å². The van der Waals surface area contributed by atoms with E-state index in [-0.39, 0.29) is 11.9 Å². The van der Waals surface area contributed by atoms with E-state index in [9.17, 15) is 9.59 Å². The van der Waals surface area contributed by atoms with Crippen molar-refractivity contribution in [2.75, 3.05) is 41.3 Å². The SMILES string of the molecule is COC(=O)CCN(C)CCCC(=O)N(C)C. The molecule has 0 aliphatic rings. The quantitative estimate of drug-likeness (QED) is 0.592. The molecule has 16 heavy (non-hydrogen) atoms. The standard InChI is InChI=1S/C11H22N2O3/c1-12(2)10(14)6-5-8-13(3)9-7-11(15)16-4/h5-9H2,1-4H3. The van der Waals surface area contributed by atoms with Crippen LogP contribution in [-0.2, 0) is 14.3 Å². The maximum absolute atomic E-state index is 11.3. The van der Waals surface area contributed by atoms with Crippen LogP contribution >= 0.6 is 0 Å². The summed E-state index contributed by atoms with van der Waals surface area (Å²) in [5.74, 6) is -0.0578. The Morgan fingerprint density at radius 2 is 1.69 bits per heavy atom. The van der Waals surface area contributed by atoms with Gasteiger partial charge in [-0.15, -0.1) is 0 Å². The first kappa shape index (κ1) is 14.9. The smallest absolute Gasteiger partial charge is 0.306 e. The minimum absolute atomic E-state index is 0.140. The molecule has 0 aliphatic heterocycles. The Labute approximate surface area is 97.3 Å². The molecule has 0 aromatic rings. The van der Waals surface area contributed by atoms with Crippen molar-refractivity contribution in [3.8, 4) is 0 Å². The van der Waals surface area contributed by atoms with Gasteiger partial charge >= 0.3 is 5.97 Å². The van der Waals surface area contributed by atoms with E-state index in [1.54, 1.807) is 19.0 Å². The average Bonchev–Trinajstić information content (AvgIpc) is 2.25. The number of esters is 1. The number of carbonyl (C=O) groups is 2. The van der Waals surface area contributed by atoms with E-state index in [2.05, 4.69) is 4.74 Å². The van der Waals surface area contributed by atoms with Crippen molar-refractivity contribution < 1.29 is 14.3 Å². The van der Waals surface area contributed by atoms with Gasteiger partial charge in [0.2, 0.25) is 5.91 Å². The van der Waals surface area contributed by atoms with Crippen molar-refractivity contribution in [3.63, 3.8) is 0 Å². The number of methoxy groups -OCH3 is 1. The van der Waals surface area contributed by atoms with E-state index in [1.807, 2.05) is 11.9 Å². The lowest BCUT2D eigenvalue weighted by Crippen LogP contribution is -2.26. The van der Waals surface area contributed by atoms with Gasteiger partial charge in [0, 0.05) is 27.1 Å². The molecule has 1 amide bonds. The Morgan fingerprint density at radius 1 is 1.06 bits per heavy atom. The van der Waals surface area contributed by atoms with Crippen LogP contribution in [0.3, 0.4) is 0 Å². The zero-order valence-corrected chi connectivity index (χ0v) is 10.7. The lowest BCUT2D eigenvalue weighted by Gasteiger charge is -2.16. The second-order valence-electron chi connectivity index (χ2n) is 4.02. The summed E-state index contributed by atoms with van der Waals surface area (Å²) in [5.41, 5.74) is 0. The van der Waals surface area contributed by atoms with Crippen molar-refractivity contribution >= 4 is 11.9 Å². The van der Waals surface area contributed by atoms with Crippen LogP contribution in [0.15, 0.2) is 0 Å². The monoisotopic (exact) mass is 230 g/mol. The fourth-order valence-electron chi connectivity index (χ4n) is 1.22. The third-order valence-corrected chi connectivity index (χ3v) is 2.35. The Morgan fingerprint density at radius 3 is 2.19 bits per heavy atom. The second kappa shape index (κ2) is 8.10. The van der Waals surface area contributed by atoms with Crippen LogP contribution in [0.4, 0.5) is 0 Å². The molecule has 0 rings (SSSR count). The lowest BCUT2D eigenvalue weighted by molar-refractivity contribution is -0.141. The molecule has 94 valence electrons. The van der Waals surface area contributed by atoms with Gasteiger partial charge in [-0.2, -0.15) is 0 Å². The highest BCUT2D eigenvalue weighted by Crippen LogP contribution is 1.97. The average molecular weight is 230 g/mol. The van der Waals surface area contributed by atoms with E-state index in [1.165, 1.54) is 7.11 Å². The highest BCUT2D eigenvalue weighted by atomic mass is 16.5. The van der Waals surface area contributed by atoms with Crippen LogP contribution in [-0.4, -0.2) is 63.0 Å². The van der Waals surface area contributed by atoms with Gasteiger partial charge in [0.15, 0.2) is 0 Å². The highest BCUT2D eigenvalue weighted by Gasteiger charge is 2.06. The molecule has 0 unspecified atom stereocenters. The van der Waals surface area contributed by atoms with E-state index in [4.69, 9.17) is 0 Å². The van der Waals surface area contributed by atoms with Crippen LogP contribution in [0.1, 0.15) is 19.3 Å². The van der Waals surface area contributed by atoms with Gasteiger partial charge in [0.1, 0.15) is 0 Å². The molecule has 0 heterocycles. The van der Waals surface area contributed by atoms with Gasteiger partial charge in [-0.1, -0.05) is 0 Å². The third-order valence-electron chi connectivity index (χ3n) is 2.35. The van der Waals surface area contributed by atoms with Gasteiger partial charge in [-0.05, 0) is 20.0 Å².